The number of amides is 1. The van der Waals surface area contributed by atoms with Crippen molar-refractivity contribution in [2.75, 3.05) is 0 Å². The smallest absolute Gasteiger partial charge is 0.328 e. The number of nitro groups is 1. The van der Waals surface area contributed by atoms with Crippen molar-refractivity contribution in [1.29, 1.82) is 0 Å². The fourth-order valence-corrected chi connectivity index (χ4v) is 1.46. The molecule has 0 aliphatic heterocycles. The van der Waals surface area contributed by atoms with Gasteiger partial charge in [-0.25, -0.2) is 4.79 Å². The Morgan fingerprint density at radius 2 is 1.95 bits per heavy atom. The van der Waals surface area contributed by atoms with Crippen LogP contribution >= 0.6 is 0 Å². The molecule has 0 spiro atoms. The van der Waals surface area contributed by atoms with Crippen molar-refractivity contribution in [3.63, 3.8) is 0 Å². The zero-order valence-corrected chi connectivity index (χ0v) is 10.5. The van der Waals surface area contributed by atoms with E-state index in [1.165, 1.54) is 32.0 Å². The first kappa shape index (κ1) is 14.6. The van der Waals surface area contributed by atoms with Crippen molar-refractivity contribution in [3.8, 4) is 0 Å². The van der Waals surface area contributed by atoms with Gasteiger partial charge in [0.25, 0.3) is 5.69 Å². The Labute approximate surface area is 109 Å². The van der Waals surface area contributed by atoms with Crippen LogP contribution in [-0.4, -0.2) is 27.4 Å². The van der Waals surface area contributed by atoms with Crippen molar-refractivity contribution in [3.05, 3.63) is 39.9 Å². The molecule has 0 saturated carbocycles. The minimum atomic E-state index is -1.42. The van der Waals surface area contributed by atoms with Crippen LogP contribution in [0, 0.1) is 10.1 Å². The van der Waals surface area contributed by atoms with Crippen LogP contribution in [0.2, 0.25) is 0 Å². The zero-order chi connectivity index (χ0) is 14.6. The number of aliphatic carboxylic acids is 1. The van der Waals surface area contributed by atoms with Gasteiger partial charge in [0.15, 0.2) is 0 Å². The average molecular weight is 266 g/mol. The molecule has 0 fully saturated rings. The number of hydrogen-bond acceptors (Lipinski definition) is 4. The molecule has 1 aromatic carbocycles. The molecule has 0 radical (unpaired) electrons. The number of carboxylic acids is 1. The summed E-state index contributed by atoms with van der Waals surface area (Å²) < 4.78 is 0. The third-order valence-corrected chi connectivity index (χ3v) is 2.53. The standard InChI is InChI=1S/C12H14N2O5/c1-12(2,11(16)17)13-10(15)7-8-5-3-4-6-9(8)14(18)19/h3-6H,7H2,1-2H3,(H,13,15)(H,16,17). The number of carboxylic acid groups (broad SMARTS) is 1. The van der Waals surface area contributed by atoms with E-state index in [9.17, 15) is 19.7 Å². The van der Waals surface area contributed by atoms with Crippen molar-refractivity contribution >= 4 is 17.6 Å². The molecule has 0 aliphatic carbocycles. The van der Waals surface area contributed by atoms with Crippen molar-refractivity contribution in [2.24, 2.45) is 0 Å². The number of nitro benzene ring substituents is 1. The zero-order valence-electron chi connectivity index (χ0n) is 10.5. The van der Waals surface area contributed by atoms with Gasteiger partial charge in [-0.2, -0.15) is 0 Å². The van der Waals surface area contributed by atoms with E-state index >= 15 is 0 Å². The molecule has 0 saturated heterocycles. The summed E-state index contributed by atoms with van der Waals surface area (Å²) in [5.74, 6) is -1.76. The lowest BCUT2D eigenvalue weighted by atomic mass is 10.0. The molecular weight excluding hydrogens is 252 g/mol. The molecule has 2 N–H and O–H groups in total. The monoisotopic (exact) mass is 266 g/mol. The highest BCUT2D eigenvalue weighted by molar-refractivity contribution is 5.87. The minimum absolute atomic E-state index is 0.161. The average Bonchev–Trinajstić information content (AvgIpc) is 2.28. The Morgan fingerprint density at radius 3 is 2.47 bits per heavy atom. The molecule has 1 rings (SSSR count). The molecule has 0 atom stereocenters. The maximum atomic E-state index is 11.7. The molecule has 0 bridgehead atoms. The predicted molar refractivity (Wildman–Crippen MR) is 66.7 cm³/mol. The van der Waals surface area contributed by atoms with Gasteiger partial charge in [0.05, 0.1) is 11.3 Å². The van der Waals surface area contributed by atoms with Gasteiger partial charge in [0, 0.05) is 11.6 Å². The van der Waals surface area contributed by atoms with Crippen LogP contribution in [-0.2, 0) is 16.0 Å². The van der Waals surface area contributed by atoms with E-state index in [0.717, 1.165) is 0 Å². The second kappa shape index (κ2) is 5.47. The van der Waals surface area contributed by atoms with E-state index in [4.69, 9.17) is 5.11 Å². The fraction of sp³-hybridized carbons (Fsp3) is 0.333. The van der Waals surface area contributed by atoms with Crippen LogP contribution in [0.1, 0.15) is 19.4 Å². The second-order valence-corrected chi connectivity index (χ2v) is 4.54. The Morgan fingerprint density at radius 1 is 1.37 bits per heavy atom. The number of rotatable bonds is 5. The van der Waals surface area contributed by atoms with Gasteiger partial charge >= 0.3 is 5.97 Å². The summed E-state index contributed by atoms with van der Waals surface area (Å²) in [5, 5.41) is 22.0. The topological polar surface area (TPSA) is 110 Å². The Bertz CT molecular complexity index is 525. The number of nitrogens with one attached hydrogen (secondary N) is 1. The SMILES string of the molecule is CC(C)(NC(=O)Cc1ccccc1[N+](=O)[O-])C(=O)O. The molecular formula is C12H14N2O5. The van der Waals surface area contributed by atoms with Gasteiger partial charge in [-0.1, -0.05) is 18.2 Å². The molecule has 0 heterocycles. The summed E-state index contributed by atoms with van der Waals surface area (Å²) in [6.45, 7) is 2.68. The van der Waals surface area contributed by atoms with Gasteiger partial charge in [-0.3, -0.25) is 14.9 Å². The number of nitrogens with zero attached hydrogens (tertiary/aromatic N) is 1. The summed E-state index contributed by atoms with van der Waals surface area (Å²) in [7, 11) is 0. The van der Waals surface area contributed by atoms with Gasteiger partial charge < -0.3 is 10.4 Å². The molecule has 102 valence electrons. The predicted octanol–water partition coefficient (Wildman–Crippen LogP) is 1.12. The second-order valence-electron chi connectivity index (χ2n) is 4.54. The molecule has 0 aromatic heterocycles. The van der Waals surface area contributed by atoms with Crippen LogP contribution in [0.4, 0.5) is 5.69 Å². The van der Waals surface area contributed by atoms with E-state index in [2.05, 4.69) is 5.32 Å². The molecule has 1 amide bonds. The summed E-state index contributed by atoms with van der Waals surface area (Å²) in [5.41, 5.74) is -1.34. The highest BCUT2D eigenvalue weighted by Gasteiger charge is 2.29. The van der Waals surface area contributed by atoms with Gasteiger partial charge in [0.2, 0.25) is 5.91 Å². The summed E-state index contributed by atoms with van der Waals surface area (Å²) in [6.07, 6.45) is -0.242. The normalized spacial score (nSPS) is 10.8. The summed E-state index contributed by atoms with van der Waals surface area (Å²) >= 11 is 0. The van der Waals surface area contributed by atoms with E-state index in [1.807, 2.05) is 0 Å². The fourth-order valence-electron chi connectivity index (χ4n) is 1.46. The lowest BCUT2D eigenvalue weighted by molar-refractivity contribution is -0.385. The first-order chi connectivity index (χ1) is 8.74. The summed E-state index contributed by atoms with van der Waals surface area (Å²) in [6, 6.07) is 5.84. The maximum Gasteiger partial charge on any atom is 0.328 e. The Balaban J connectivity index is 2.84. The number of carbonyl (C=O) groups excluding carboxylic acids is 1. The molecule has 19 heavy (non-hydrogen) atoms. The van der Waals surface area contributed by atoms with Crippen LogP contribution < -0.4 is 5.32 Å². The number of para-hydroxylation sites is 1. The molecule has 1 aromatic rings. The van der Waals surface area contributed by atoms with Crippen molar-refractivity contribution < 1.29 is 19.6 Å². The van der Waals surface area contributed by atoms with Gasteiger partial charge in [-0.05, 0) is 13.8 Å². The quantitative estimate of drug-likeness (QED) is 0.613. The number of hydrogen-bond donors (Lipinski definition) is 2. The highest BCUT2D eigenvalue weighted by Crippen LogP contribution is 2.18. The van der Waals surface area contributed by atoms with Crippen molar-refractivity contribution in [2.45, 2.75) is 25.8 Å². The largest absolute Gasteiger partial charge is 0.480 e. The van der Waals surface area contributed by atoms with E-state index in [1.54, 1.807) is 6.07 Å². The van der Waals surface area contributed by atoms with Crippen LogP contribution in [0.15, 0.2) is 24.3 Å². The third-order valence-electron chi connectivity index (χ3n) is 2.53. The molecule has 7 nitrogen and oxygen atoms in total. The number of benzene rings is 1. The van der Waals surface area contributed by atoms with Crippen LogP contribution in [0.25, 0.3) is 0 Å². The van der Waals surface area contributed by atoms with E-state index in [-0.39, 0.29) is 17.7 Å². The lowest BCUT2D eigenvalue weighted by Crippen LogP contribution is -2.50. The third kappa shape index (κ3) is 3.77. The Kier molecular flexibility index (Phi) is 4.21. The van der Waals surface area contributed by atoms with E-state index in [0.29, 0.717) is 0 Å². The van der Waals surface area contributed by atoms with E-state index < -0.39 is 22.3 Å². The van der Waals surface area contributed by atoms with Crippen molar-refractivity contribution in [1.82, 2.24) is 5.32 Å². The molecule has 0 aliphatic rings. The van der Waals surface area contributed by atoms with Crippen LogP contribution in [0.5, 0.6) is 0 Å². The Hall–Kier alpha value is -2.44. The first-order valence-electron chi connectivity index (χ1n) is 5.51. The summed E-state index contributed by atoms with van der Waals surface area (Å²) in [4.78, 5) is 32.8. The van der Waals surface area contributed by atoms with Gasteiger partial charge in [0.1, 0.15) is 5.54 Å². The first-order valence-corrected chi connectivity index (χ1v) is 5.51. The van der Waals surface area contributed by atoms with Gasteiger partial charge in [-0.15, -0.1) is 0 Å². The lowest BCUT2D eigenvalue weighted by Gasteiger charge is -2.20. The molecule has 0 unspecified atom stereocenters. The molecule has 7 heteroatoms. The van der Waals surface area contributed by atoms with Crippen LogP contribution in [0.3, 0.4) is 0 Å². The number of carbonyl (C=O) groups is 2. The minimum Gasteiger partial charge on any atom is -0.480 e. The highest BCUT2D eigenvalue weighted by atomic mass is 16.6. The maximum absolute atomic E-state index is 11.7.